The van der Waals surface area contributed by atoms with E-state index < -0.39 is 5.09 Å². The van der Waals surface area contributed by atoms with Gasteiger partial charge in [0.2, 0.25) is 0 Å². The summed E-state index contributed by atoms with van der Waals surface area (Å²) in [5.74, 6) is 0. The molecule has 0 saturated heterocycles. The van der Waals surface area contributed by atoms with Gasteiger partial charge < -0.3 is 15.3 Å². The summed E-state index contributed by atoms with van der Waals surface area (Å²) in [6, 6.07) is 6.13. The SMILES string of the molecule is C=C(C)C(C)(CI)[n+]1ccccc1.O=[N+]([O-])[O-]. The van der Waals surface area contributed by atoms with E-state index in [0.29, 0.717) is 0 Å². The summed E-state index contributed by atoms with van der Waals surface area (Å²) in [6.07, 6.45) is 4.18. The molecule has 94 valence electrons. The van der Waals surface area contributed by atoms with E-state index in [1.807, 2.05) is 18.2 Å². The Bertz CT molecular complexity index is 380. The molecule has 0 saturated carbocycles. The number of hydrogen-bond donors (Lipinski definition) is 0. The zero-order valence-electron chi connectivity index (χ0n) is 9.80. The van der Waals surface area contributed by atoms with Crippen LogP contribution >= 0.6 is 22.6 Å². The summed E-state index contributed by atoms with van der Waals surface area (Å²) in [6.45, 7) is 8.34. The van der Waals surface area contributed by atoms with E-state index in [9.17, 15) is 0 Å². The fourth-order valence-electron chi connectivity index (χ4n) is 1.13. The molecule has 0 fully saturated rings. The van der Waals surface area contributed by atoms with E-state index in [1.165, 1.54) is 5.57 Å². The first-order valence-corrected chi connectivity index (χ1v) is 6.37. The zero-order chi connectivity index (χ0) is 13.5. The number of nitrogens with zero attached hydrogens (tertiary/aromatic N) is 2. The van der Waals surface area contributed by atoms with Crippen molar-refractivity contribution < 1.29 is 9.65 Å². The van der Waals surface area contributed by atoms with Gasteiger partial charge in [-0.2, -0.15) is 4.57 Å². The fraction of sp³-hybridized carbons (Fsp3) is 0.364. The molecule has 1 aromatic heterocycles. The molecule has 0 bridgehead atoms. The molecule has 1 aromatic rings. The molecule has 0 radical (unpaired) electrons. The van der Waals surface area contributed by atoms with Gasteiger partial charge in [-0.3, -0.25) is 0 Å². The first-order chi connectivity index (χ1) is 7.84. The number of rotatable bonds is 3. The number of hydrogen-bond acceptors (Lipinski definition) is 3. The van der Waals surface area contributed by atoms with Crippen molar-refractivity contribution >= 4 is 22.6 Å². The van der Waals surface area contributed by atoms with Crippen LogP contribution in [0, 0.1) is 15.3 Å². The number of aromatic nitrogens is 1. The van der Waals surface area contributed by atoms with Crippen LogP contribution in [0.2, 0.25) is 0 Å². The van der Waals surface area contributed by atoms with E-state index in [4.69, 9.17) is 15.3 Å². The summed E-state index contributed by atoms with van der Waals surface area (Å²) in [4.78, 5) is 8.25. The van der Waals surface area contributed by atoms with Crippen LogP contribution < -0.4 is 4.57 Å². The van der Waals surface area contributed by atoms with E-state index in [2.05, 4.69) is 60.0 Å². The van der Waals surface area contributed by atoms with E-state index in [0.717, 1.165) is 4.43 Å². The first kappa shape index (κ1) is 15.8. The van der Waals surface area contributed by atoms with Crippen molar-refractivity contribution in [2.45, 2.75) is 19.4 Å². The standard InChI is InChI=1S/C11H15IN.NO3/c1-10(2)11(3,9-12)13-7-5-4-6-8-13;2-1(3)4/h4-8H,1,9H2,2-3H3;/q+1;-1. The minimum atomic E-state index is -1.75. The third kappa shape index (κ3) is 5.12. The minimum absolute atomic E-state index is 0.0435. The molecule has 17 heavy (non-hydrogen) atoms. The molecule has 1 unspecified atom stereocenters. The van der Waals surface area contributed by atoms with Gasteiger partial charge in [-0.15, -0.1) is 0 Å². The normalized spacial score (nSPS) is 12.9. The summed E-state index contributed by atoms with van der Waals surface area (Å²) in [7, 11) is 0. The van der Waals surface area contributed by atoms with Gasteiger partial charge in [0.1, 0.15) is 0 Å². The molecule has 0 aliphatic heterocycles. The lowest BCUT2D eigenvalue weighted by Crippen LogP contribution is -2.55. The highest BCUT2D eigenvalue weighted by molar-refractivity contribution is 14.1. The highest BCUT2D eigenvalue weighted by Gasteiger charge is 2.33. The Morgan fingerprint density at radius 3 is 2.12 bits per heavy atom. The van der Waals surface area contributed by atoms with Gasteiger partial charge >= 0.3 is 0 Å². The zero-order valence-corrected chi connectivity index (χ0v) is 12.0. The van der Waals surface area contributed by atoms with Crippen LogP contribution in [0.25, 0.3) is 0 Å². The maximum Gasteiger partial charge on any atom is 0.194 e. The van der Waals surface area contributed by atoms with E-state index >= 15 is 0 Å². The van der Waals surface area contributed by atoms with Crippen molar-refractivity contribution in [3.63, 3.8) is 0 Å². The van der Waals surface area contributed by atoms with Crippen LogP contribution in [0.4, 0.5) is 0 Å². The molecule has 0 aromatic carbocycles. The molecule has 6 heteroatoms. The molecule has 0 spiro atoms. The Morgan fingerprint density at radius 2 is 1.82 bits per heavy atom. The van der Waals surface area contributed by atoms with Gasteiger partial charge in [-0.1, -0.05) is 35.2 Å². The van der Waals surface area contributed by atoms with Gasteiger partial charge in [0.15, 0.2) is 17.9 Å². The molecule has 0 aliphatic carbocycles. The van der Waals surface area contributed by atoms with E-state index in [1.54, 1.807) is 0 Å². The molecule has 1 atom stereocenters. The molecule has 1 rings (SSSR count). The lowest BCUT2D eigenvalue weighted by Gasteiger charge is -2.21. The highest BCUT2D eigenvalue weighted by Crippen LogP contribution is 2.19. The predicted octanol–water partition coefficient (Wildman–Crippen LogP) is 2.46. The van der Waals surface area contributed by atoms with Crippen LogP contribution in [-0.2, 0) is 5.54 Å². The molecule has 0 N–H and O–H groups in total. The van der Waals surface area contributed by atoms with Crippen molar-refractivity contribution in [1.29, 1.82) is 0 Å². The minimum Gasteiger partial charge on any atom is -0.356 e. The van der Waals surface area contributed by atoms with Crippen molar-refractivity contribution in [1.82, 2.24) is 0 Å². The van der Waals surface area contributed by atoms with Gasteiger partial charge in [-0.05, 0) is 12.5 Å². The number of allylic oxidation sites excluding steroid dienone is 1. The second kappa shape index (κ2) is 7.21. The average molecular weight is 350 g/mol. The van der Waals surface area contributed by atoms with Crippen LogP contribution in [0.1, 0.15) is 13.8 Å². The van der Waals surface area contributed by atoms with Crippen molar-refractivity contribution in [2.24, 2.45) is 0 Å². The summed E-state index contributed by atoms with van der Waals surface area (Å²) in [5, 5.41) is 14.8. The maximum absolute atomic E-state index is 8.25. The second-order valence-corrected chi connectivity index (χ2v) is 4.46. The number of alkyl halides is 1. The van der Waals surface area contributed by atoms with E-state index in [-0.39, 0.29) is 5.54 Å². The Kier molecular flexibility index (Phi) is 6.71. The van der Waals surface area contributed by atoms with Gasteiger partial charge in [-0.25, -0.2) is 0 Å². The summed E-state index contributed by atoms with van der Waals surface area (Å²) >= 11 is 2.40. The largest absolute Gasteiger partial charge is 0.356 e. The predicted molar refractivity (Wildman–Crippen MR) is 74.3 cm³/mol. The summed E-state index contributed by atoms with van der Waals surface area (Å²) in [5.41, 5.74) is 1.24. The van der Waals surface area contributed by atoms with Crippen LogP contribution in [-0.4, -0.2) is 9.51 Å². The van der Waals surface area contributed by atoms with Crippen molar-refractivity contribution in [2.75, 3.05) is 4.43 Å². The average Bonchev–Trinajstić information content (AvgIpc) is 2.28. The van der Waals surface area contributed by atoms with Crippen molar-refractivity contribution in [3.05, 3.63) is 58.1 Å². The molecular weight excluding hydrogens is 335 g/mol. The fourth-order valence-corrected chi connectivity index (χ4v) is 2.18. The second-order valence-electron chi connectivity index (χ2n) is 3.69. The van der Waals surface area contributed by atoms with Crippen LogP contribution in [0.5, 0.6) is 0 Å². The summed E-state index contributed by atoms with van der Waals surface area (Å²) < 4.78 is 3.25. The lowest BCUT2D eigenvalue weighted by atomic mass is 9.96. The van der Waals surface area contributed by atoms with Gasteiger partial charge in [0, 0.05) is 19.1 Å². The van der Waals surface area contributed by atoms with Crippen molar-refractivity contribution in [3.8, 4) is 0 Å². The molecule has 0 aliphatic rings. The molecule has 1 heterocycles. The smallest absolute Gasteiger partial charge is 0.194 e. The van der Waals surface area contributed by atoms with Crippen LogP contribution in [0.15, 0.2) is 42.7 Å². The van der Waals surface area contributed by atoms with Gasteiger partial charge in [0.05, 0.1) is 9.51 Å². The van der Waals surface area contributed by atoms with Gasteiger partial charge in [0.25, 0.3) is 0 Å². The molecule has 5 nitrogen and oxygen atoms in total. The number of pyridine rings is 1. The third-order valence-electron chi connectivity index (χ3n) is 2.47. The Morgan fingerprint density at radius 1 is 1.41 bits per heavy atom. The molecular formula is C11H15IN2O3. The Labute approximate surface area is 114 Å². The highest BCUT2D eigenvalue weighted by atomic mass is 127. The first-order valence-electron chi connectivity index (χ1n) is 4.85. The molecule has 0 amide bonds. The monoisotopic (exact) mass is 350 g/mol. The van der Waals surface area contributed by atoms with Crippen LogP contribution in [0.3, 0.4) is 0 Å². The number of halogens is 1. The maximum atomic E-state index is 8.25. The third-order valence-corrected chi connectivity index (χ3v) is 3.95. The lowest BCUT2D eigenvalue weighted by molar-refractivity contribution is -0.746. The Hall–Kier alpha value is -1.18. The Balaban J connectivity index is 0.000000557. The quantitative estimate of drug-likeness (QED) is 0.210. The topological polar surface area (TPSA) is 70.1 Å².